The van der Waals surface area contributed by atoms with E-state index in [1.807, 2.05) is 0 Å². The Labute approximate surface area is 133 Å². The highest BCUT2D eigenvalue weighted by atomic mass is 79.9. The van der Waals surface area contributed by atoms with E-state index in [0.717, 1.165) is 23.6 Å². The normalized spacial score (nSPS) is 23.9. The van der Waals surface area contributed by atoms with E-state index in [0.29, 0.717) is 27.7 Å². The van der Waals surface area contributed by atoms with Crippen molar-refractivity contribution in [3.63, 3.8) is 0 Å². The van der Waals surface area contributed by atoms with Crippen LogP contribution in [0.3, 0.4) is 0 Å². The number of hydrogen-bond donors (Lipinski definition) is 2. The third-order valence-corrected chi connectivity index (χ3v) is 7.59. The second kappa shape index (κ2) is 6.87. The second-order valence-electron chi connectivity index (χ2n) is 5.53. The molecule has 0 aromatic carbocycles. The maximum Gasteiger partial charge on any atom is 0.242 e. The van der Waals surface area contributed by atoms with Gasteiger partial charge in [-0.2, -0.15) is 0 Å². The first-order chi connectivity index (χ1) is 9.42. The predicted molar refractivity (Wildman–Crippen MR) is 86.2 cm³/mol. The molecule has 0 aliphatic heterocycles. The highest BCUT2D eigenvalue weighted by Gasteiger charge is 2.24. The van der Waals surface area contributed by atoms with E-state index in [9.17, 15) is 8.42 Å². The molecule has 0 bridgehead atoms. The molecule has 1 aliphatic carbocycles. The smallest absolute Gasteiger partial charge is 0.242 e. The molecule has 20 heavy (non-hydrogen) atoms. The molecule has 114 valence electrons. The van der Waals surface area contributed by atoms with Crippen LogP contribution in [0.15, 0.2) is 14.7 Å². The molecular formula is C13H21BrN2O2S2. The fourth-order valence-corrected chi connectivity index (χ4v) is 6.20. The first-order valence-electron chi connectivity index (χ1n) is 6.90. The van der Waals surface area contributed by atoms with Crippen molar-refractivity contribution in [3.8, 4) is 0 Å². The van der Waals surface area contributed by atoms with E-state index < -0.39 is 10.0 Å². The van der Waals surface area contributed by atoms with Crippen LogP contribution in [0.25, 0.3) is 0 Å². The monoisotopic (exact) mass is 380 g/mol. The van der Waals surface area contributed by atoms with Gasteiger partial charge in [0.1, 0.15) is 4.90 Å². The number of rotatable bonds is 5. The highest BCUT2D eigenvalue weighted by molar-refractivity contribution is 9.11. The van der Waals surface area contributed by atoms with Gasteiger partial charge in [0.15, 0.2) is 0 Å². The largest absolute Gasteiger partial charge is 0.326 e. The number of nitrogens with one attached hydrogen (secondary N) is 1. The third kappa shape index (κ3) is 4.04. The Hall–Kier alpha value is 0.0500. The van der Waals surface area contributed by atoms with Gasteiger partial charge in [-0.15, -0.1) is 11.3 Å². The Balaban J connectivity index is 1.98. The number of nitrogens with two attached hydrogens (primary N) is 1. The van der Waals surface area contributed by atoms with Crippen molar-refractivity contribution >= 4 is 37.3 Å². The van der Waals surface area contributed by atoms with Crippen molar-refractivity contribution in [2.45, 2.75) is 44.0 Å². The third-order valence-electron chi connectivity index (χ3n) is 3.89. The molecule has 0 saturated heterocycles. The maximum atomic E-state index is 12.3. The molecule has 0 atom stereocenters. The first kappa shape index (κ1) is 16.4. The Morgan fingerprint density at radius 2 is 2.05 bits per heavy atom. The Morgan fingerprint density at radius 3 is 2.60 bits per heavy atom. The minimum atomic E-state index is -3.44. The summed E-state index contributed by atoms with van der Waals surface area (Å²) in [5, 5.41) is 0. The molecule has 3 N–H and O–H groups in total. The van der Waals surface area contributed by atoms with Crippen molar-refractivity contribution in [3.05, 3.63) is 14.7 Å². The molecule has 2 rings (SSSR count). The molecule has 0 amide bonds. The quantitative estimate of drug-likeness (QED) is 0.823. The second-order valence-corrected chi connectivity index (χ2v) is 9.72. The lowest BCUT2D eigenvalue weighted by molar-refractivity contribution is 0.290. The lowest BCUT2D eigenvalue weighted by Gasteiger charge is -2.26. The van der Waals surface area contributed by atoms with Crippen LogP contribution >= 0.6 is 27.3 Å². The van der Waals surface area contributed by atoms with Gasteiger partial charge in [-0.3, -0.25) is 0 Å². The van der Waals surface area contributed by atoms with Gasteiger partial charge in [0.25, 0.3) is 0 Å². The van der Waals surface area contributed by atoms with E-state index in [4.69, 9.17) is 5.73 Å². The molecule has 4 nitrogen and oxygen atoms in total. The SMILES string of the molecule is CC1CCC(CNS(=O)(=O)c2cc(CN)sc2Br)CC1. The topological polar surface area (TPSA) is 72.2 Å². The summed E-state index contributed by atoms with van der Waals surface area (Å²) >= 11 is 4.69. The molecule has 1 aromatic rings. The maximum absolute atomic E-state index is 12.3. The van der Waals surface area contributed by atoms with Gasteiger partial charge >= 0.3 is 0 Å². The minimum Gasteiger partial charge on any atom is -0.326 e. The van der Waals surface area contributed by atoms with Crippen LogP contribution in [-0.4, -0.2) is 15.0 Å². The van der Waals surface area contributed by atoms with Crippen LogP contribution in [0.4, 0.5) is 0 Å². The van der Waals surface area contributed by atoms with Gasteiger partial charge in [0, 0.05) is 18.0 Å². The van der Waals surface area contributed by atoms with E-state index in [1.54, 1.807) is 6.07 Å². The Bertz CT molecular complexity index is 549. The van der Waals surface area contributed by atoms with Gasteiger partial charge in [-0.1, -0.05) is 19.8 Å². The first-order valence-corrected chi connectivity index (χ1v) is 9.99. The summed E-state index contributed by atoms with van der Waals surface area (Å²) in [7, 11) is -3.44. The summed E-state index contributed by atoms with van der Waals surface area (Å²) in [4.78, 5) is 1.18. The van der Waals surface area contributed by atoms with Crippen LogP contribution in [-0.2, 0) is 16.6 Å². The predicted octanol–water partition coefficient (Wildman–Crippen LogP) is 3.07. The molecule has 1 heterocycles. The zero-order valence-corrected chi connectivity index (χ0v) is 14.8. The van der Waals surface area contributed by atoms with Crippen molar-refractivity contribution in [1.29, 1.82) is 0 Å². The van der Waals surface area contributed by atoms with Crippen LogP contribution in [0.1, 0.15) is 37.5 Å². The average Bonchev–Trinajstić information content (AvgIpc) is 2.80. The van der Waals surface area contributed by atoms with Gasteiger partial charge < -0.3 is 5.73 Å². The molecule has 1 saturated carbocycles. The standard InChI is InChI=1S/C13H21BrN2O2S2/c1-9-2-4-10(5-3-9)8-16-20(17,18)12-6-11(7-15)19-13(12)14/h6,9-10,16H,2-5,7-8,15H2,1H3. The van der Waals surface area contributed by atoms with Gasteiger partial charge in [-0.05, 0) is 46.7 Å². The van der Waals surface area contributed by atoms with E-state index in [1.165, 1.54) is 24.2 Å². The number of sulfonamides is 1. The Morgan fingerprint density at radius 1 is 1.40 bits per heavy atom. The van der Waals surface area contributed by atoms with E-state index >= 15 is 0 Å². The summed E-state index contributed by atoms with van der Waals surface area (Å²) in [5.41, 5.74) is 5.55. The molecular weight excluding hydrogens is 360 g/mol. The number of halogens is 1. The van der Waals surface area contributed by atoms with Crippen molar-refractivity contribution < 1.29 is 8.42 Å². The summed E-state index contributed by atoms with van der Waals surface area (Å²) < 4.78 is 28.0. The van der Waals surface area contributed by atoms with Crippen molar-refractivity contribution in [2.24, 2.45) is 17.6 Å². The molecule has 1 aromatic heterocycles. The van der Waals surface area contributed by atoms with Crippen molar-refractivity contribution in [2.75, 3.05) is 6.54 Å². The van der Waals surface area contributed by atoms with Crippen LogP contribution in [0.5, 0.6) is 0 Å². The van der Waals surface area contributed by atoms with Crippen LogP contribution in [0, 0.1) is 11.8 Å². The number of hydrogen-bond acceptors (Lipinski definition) is 4. The summed E-state index contributed by atoms with van der Waals surface area (Å²) in [6, 6.07) is 1.65. The van der Waals surface area contributed by atoms with E-state index in [2.05, 4.69) is 27.6 Å². The lowest BCUT2D eigenvalue weighted by Crippen LogP contribution is -2.31. The molecule has 1 aliphatic rings. The summed E-state index contributed by atoms with van der Waals surface area (Å²) in [6.45, 7) is 3.16. The molecule has 0 radical (unpaired) electrons. The number of thiophene rings is 1. The average molecular weight is 381 g/mol. The highest BCUT2D eigenvalue weighted by Crippen LogP contribution is 2.32. The molecule has 1 fully saturated rings. The Kier molecular flexibility index (Phi) is 5.64. The zero-order valence-electron chi connectivity index (χ0n) is 11.6. The van der Waals surface area contributed by atoms with Gasteiger partial charge in [0.05, 0.1) is 3.79 Å². The van der Waals surface area contributed by atoms with Crippen LogP contribution in [0.2, 0.25) is 0 Å². The van der Waals surface area contributed by atoms with Crippen molar-refractivity contribution in [1.82, 2.24) is 4.72 Å². The summed E-state index contributed by atoms with van der Waals surface area (Å²) in [6.07, 6.45) is 4.63. The molecule has 7 heteroatoms. The fourth-order valence-electron chi connectivity index (χ4n) is 2.52. The molecule has 0 spiro atoms. The zero-order chi connectivity index (χ0) is 14.8. The summed E-state index contributed by atoms with van der Waals surface area (Å²) in [5.74, 6) is 1.24. The van der Waals surface area contributed by atoms with Crippen LogP contribution < -0.4 is 10.5 Å². The molecule has 0 unspecified atom stereocenters. The van der Waals surface area contributed by atoms with Gasteiger partial charge in [0.2, 0.25) is 10.0 Å². The minimum absolute atomic E-state index is 0.312. The lowest BCUT2D eigenvalue weighted by atomic mass is 9.83. The van der Waals surface area contributed by atoms with Gasteiger partial charge in [-0.25, -0.2) is 13.1 Å². The fraction of sp³-hybridized carbons (Fsp3) is 0.692. The van der Waals surface area contributed by atoms with E-state index in [-0.39, 0.29) is 0 Å².